The standard InChI is InChI=1S/C34H66F2N6O5/c1-24(2)20-42(30(44)27(19-38-23-32(3,4)5)28(37-9)39-14-11-17-46-10)26-18-25(21-41(22-26)31(45)47-33(6,7)8)29(43)40-15-12-34(35,36)13-16-40/h19,24-30,37,39,43-44H,11-18,20-23H2,1-10H3/b38-19-/t25-,26+,27?,28?,29?,30?/m1/s1. The second kappa shape index (κ2) is 18.5. The van der Waals surface area contributed by atoms with E-state index in [0.717, 1.165) is 6.42 Å². The molecule has 0 aromatic rings. The molecule has 276 valence electrons. The number of methoxy groups -OCH3 is 1. The van der Waals surface area contributed by atoms with Crippen LogP contribution in [0.15, 0.2) is 4.99 Å². The van der Waals surface area contributed by atoms with E-state index < -0.39 is 41.9 Å². The molecule has 2 heterocycles. The van der Waals surface area contributed by atoms with Gasteiger partial charge >= 0.3 is 6.09 Å². The molecule has 11 nitrogen and oxygen atoms in total. The third kappa shape index (κ3) is 14.5. The number of nitrogens with zero attached hydrogens (tertiary/aromatic N) is 4. The van der Waals surface area contributed by atoms with Crippen LogP contribution in [0.1, 0.15) is 81.1 Å². The zero-order valence-electron chi connectivity index (χ0n) is 30.8. The average Bonchev–Trinajstić information content (AvgIpc) is 2.96. The Morgan fingerprint density at radius 1 is 1.13 bits per heavy atom. The largest absolute Gasteiger partial charge is 0.444 e. The molecule has 2 fully saturated rings. The molecular formula is C34H66F2N6O5. The number of aliphatic hydroxyl groups excluding tert-OH is 2. The number of carbonyl (C=O) groups excluding carboxylic acids is 1. The van der Waals surface area contributed by atoms with Crippen molar-refractivity contribution < 1.29 is 33.3 Å². The monoisotopic (exact) mass is 677 g/mol. The number of ether oxygens (including phenoxy) is 2. The Morgan fingerprint density at radius 3 is 2.30 bits per heavy atom. The third-order valence-electron chi connectivity index (χ3n) is 8.60. The number of hydrogen-bond acceptors (Lipinski definition) is 10. The maximum Gasteiger partial charge on any atom is 0.410 e. The number of likely N-dealkylation sites (tertiary alicyclic amines) is 2. The normalized spacial score (nSPS) is 24.1. The molecule has 0 radical (unpaired) electrons. The topological polar surface area (TPSA) is 122 Å². The fraction of sp³-hybridized carbons (Fsp3) is 0.941. The highest BCUT2D eigenvalue weighted by Crippen LogP contribution is 2.33. The lowest BCUT2D eigenvalue weighted by Crippen LogP contribution is -2.63. The number of halogens is 2. The second-order valence-electron chi connectivity index (χ2n) is 16.0. The van der Waals surface area contributed by atoms with E-state index in [-0.39, 0.29) is 62.6 Å². The summed E-state index contributed by atoms with van der Waals surface area (Å²) in [5, 5.41) is 30.7. The van der Waals surface area contributed by atoms with E-state index in [1.54, 1.807) is 37.7 Å². The van der Waals surface area contributed by atoms with Crippen molar-refractivity contribution >= 4 is 12.3 Å². The molecule has 2 saturated heterocycles. The Bertz CT molecular complexity index is 950. The zero-order chi connectivity index (χ0) is 35.6. The van der Waals surface area contributed by atoms with Gasteiger partial charge in [0.25, 0.3) is 5.92 Å². The summed E-state index contributed by atoms with van der Waals surface area (Å²) >= 11 is 0. The highest BCUT2D eigenvalue weighted by Gasteiger charge is 2.44. The molecule has 0 saturated carbocycles. The molecule has 4 unspecified atom stereocenters. The van der Waals surface area contributed by atoms with Gasteiger partial charge in [0.15, 0.2) is 0 Å². The van der Waals surface area contributed by atoms with Crippen LogP contribution in [-0.4, -0.2) is 140 Å². The molecule has 0 bridgehead atoms. The SMILES string of the molecule is CNC(NCCCOC)C(/C=N\CC(C)(C)C)C(O)N(CC(C)C)[C@H]1C[C@@H](C(O)N2CCC(F)(F)CC2)CN(C(=O)OC(C)(C)C)C1. The van der Waals surface area contributed by atoms with Crippen molar-refractivity contribution in [3.63, 3.8) is 0 Å². The van der Waals surface area contributed by atoms with Crippen molar-refractivity contribution in [2.45, 2.75) is 117 Å². The van der Waals surface area contributed by atoms with Gasteiger partial charge in [-0.1, -0.05) is 34.6 Å². The van der Waals surface area contributed by atoms with Gasteiger partial charge in [0.05, 0.1) is 12.1 Å². The molecule has 2 aliphatic heterocycles. The van der Waals surface area contributed by atoms with Gasteiger partial charge in [-0.05, 0) is 58.5 Å². The number of aliphatic hydroxyl groups is 2. The number of nitrogens with one attached hydrogen (secondary N) is 2. The number of hydrogen-bond donors (Lipinski definition) is 4. The van der Waals surface area contributed by atoms with E-state index in [0.29, 0.717) is 32.7 Å². The minimum absolute atomic E-state index is 0.0380. The van der Waals surface area contributed by atoms with Crippen molar-refractivity contribution in [3.05, 3.63) is 0 Å². The van der Waals surface area contributed by atoms with E-state index >= 15 is 0 Å². The lowest BCUT2D eigenvalue weighted by molar-refractivity contribution is -0.133. The predicted octanol–water partition coefficient (Wildman–Crippen LogP) is 3.84. The fourth-order valence-electron chi connectivity index (χ4n) is 6.26. The molecule has 4 N–H and O–H groups in total. The first kappa shape index (κ1) is 41.7. The molecule has 6 atom stereocenters. The summed E-state index contributed by atoms with van der Waals surface area (Å²) in [5.41, 5.74) is -0.763. The zero-order valence-corrected chi connectivity index (χ0v) is 30.8. The molecule has 13 heteroatoms. The Balaban J connectivity index is 2.47. The van der Waals surface area contributed by atoms with Crippen molar-refractivity contribution in [2.24, 2.45) is 28.2 Å². The minimum Gasteiger partial charge on any atom is -0.444 e. The first-order valence-electron chi connectivity index (χ1n) is 17.4. The van der Waals surface area contributed by atoms with Crippen LogP contribution in [0.4, 0.5) is 13.6 Å². The Morgan fingerprint density at radius 2 is 1.77 bits per heavy atom. The number of rotatable bonds is 16. The summed E-state index contributed by atoms with van der Waals surface area (Å²) in [6.07, 6.45) is -0.364. The average molecular weight is 677 g/mol. The van der Waals surface area contributed by atoms with Gasteiger partial charge < -0.3 is 35.2 Å². The summed E-state index contributed by atoms with van der Waals surface area (Å²) in [6.45, 7) is 19.0. The maximum absolute atomic E-state index is 14.0. The Hall–Kier alpha value is -1.48. The van der Waals surface area contributed by atoms with Gasteiger partial charge in [-0.3, -0.25) is 14.8 Å². The number of piperidine rings is 2. The summed E-state index contributed by atoms with van der Waals surface area (Å²) in [5.74, 6) is -3.47. The Labute approximate surface area is 282 Å². The highest BCUT2D eigenvalue weighted by molar-refractivity contribution is 5.68. The summed E-state index contributed by atoms with van der Waals surface area (Å²) < 4.78 is 39.0. The van der Waals surface area contributed by atoms with Crippen LogP contribution < -0.4 is 10.6 Å². The third-order valence-corrected chi connectivity index (χ3v) is 8.60. The first-order valence-corrected chi connectivity index (χ1v) is 17.4. The summed E-state index contributed by atoms with van der Waals surface area (Å²) in [7, 11) is 3.51. The van der Waals surface area contributed by atoms with Crippen LogP contribution >= 0.6 is 0 Å². The smallest absolute Gasteiger partial charge is 0.410 e. The van der Waals surface area contributed by atoms with Crippen LogP contribution in [0, 0.1) is 23.2 Å². The fourth-order valence-corrected chi connectivity index (χ4v) is 6.26. The number of alkyl halides is 2. The van der Waals surface area contributed by atoms with Crippen molar-refractivity contribution in [1.29, 1.82) is 0 Å². The molecule has 0 spiro atoms. The molecule has 1 amide bonds. The molecule has 47 heavy (non-hydrogen) atoms. The highest BCUT2D eigenvalue weighted by atomic mass is 19.3. The number of aliphatic imine (C=N–C) groups is 1. The molecule has 0 aromatic heterocycles. The maximum atomic E-state index is 14.0. The number of amides is 1. The van der Waals surface area contributed by atoms with Crippen LogP contribution in [0.5, 0.6) is 0 Å². The molecule has 2 rings (SSSR count). The van der Waals surface area contributed by atoms with Gasteiger partial charge in [-0.2, -0.15) is 0 Å². The van der Waals surface area contributed by atoms with E-state index in [9.17, 15) is 23.8 Å². The molecule has 2 aliphatic rings. The van der Waals surface area contributed by atoms with Gasteiger partial charge in [0.2, 0.25) is 0 Å². The van der Waals surface area contributed by atoms with Gasteiger partial charge in [-0.15, -0.1) is 0 Å². The minimum atomic E-state index is -2.74. The lowest BCUT2D eigenvalue weighted by atomic mass is 9.88. The van der Waals surface area contributed by atoms with Gasteiger partial charge in [0, 0.05) is 84.0 Å². The van der Waals surface area contributed by atoms with Crippen LogP contribution in [0.25, 0.3) is 0 Å². The summed E-state index contributed by atoms with van der Waals surface area (Å²) in [4.78, 5) is 23.6. The van der Waals surface area contributed by atoms with Crippen molar-refractivity contribution in [1.82, 2.24) is 25.3 Å². The van der Waals surface area contributed by atoms with Crippen LogP contribution in [-0.2, 0) is 9.47 Å². The number of carbonyl (C=O) groups is 1. The van der Waals surface area contributed by atoms with Crippen LogP contribution in [0.3, 0.4) is 0 Å². The van der Waals surface area contributed by atoms with E-state index in [4.69, 9.17) is 14.5 Å². The first-order chi connectivity index (χ1) is 21.8. The van der Waals surface area contributed by atoms with E-state index in [1.807, 2.05) is 18.2 Å². The van der Waals surface area contributed by atoms with Crippen LogP contribution in [0.2, 0.25) is 0 Å². The van der Waals surface area contributed by atoms with Crippen molar-refractivity contribution in [3.8, 4) is 0 Å². The van der Waals surface area contributed by atoms with Crippen molar-refractivity contribution in [2.75, 3.05) is 66.6 Å². The van der Waals surface area contributed by atoms with Gasteiger partial charge in [-0.25, -0.2) is 13.6 Å². The predicted molar refractivity (Wildman–Crippen MR) is 183 cm³/mol. The Kier molecular flexibility index (Phi) is 16.4. The quantitative estimate of drug-likeness (QED) is 0.110. The lowest BCUT2D eigenvalue weighted by Gasteiger charge is -2.49. The van der Waals surface area contributed by atoms with E-state index in [1.165, 1.54) is 0 Å². The summed E-state index contributed by atoms with van der Waals surface area (Å²) in [6, 6.07) is -0.343. The van der Waals surface area contributed by atoms with E-state index in [2.05, 4.69) is 45.3 Å². The molecule has 0 aromatic carbocycles. The molecular weight excluding hydrogens is 610 g/mol. The molecule has 0 aliphatic carbocycles. The van der Waals surface area contributed by atoms with Gasteiger partial charge in [0.1, 0.15) is 18.1 Å². The second-order valence-corrected chi connectivity index (χ2v) is 16.0.